The summed E-state index contributed by atoms with van der Waals surface area (Å²) in [6.07, 6.45) is 1.57. The number of carbonyl (C=O) groups is 1. The van der Waals surface area contributed by atoms with E-state index in [0.29, 0.717) is 13.1 Å². The second-order valence-corrected chi connectivity index (χ2v) is 8.55. The van der Waals surface area contributed by atoms with Crippen molar-refractivity contribution in [3.63, 3.8) is 0 Å². The molecule has 1 saturated heterocycles. The van der Waals surface area contributed by atoms with Gasteiger partial charge in [0.25, 0.3) is 11.6 Å². The molecular weight excluding hydrogens is 470 g/mol. The van der Waals surface area contributed by atoms with Gasteiger partial charge in [-0.25, -0.2) is 0 Å². The molecule has 9 nitrogen and oxygen atoms in total. The van der Waals surface area contributed by atoms with Crippen LogP contribution in [0.5, 0.6) is 5.75 Å². The van der Waals surface area contributed by atoms with Crippen molar-refractivity contribution in [2.24, 2.45) is 0 Å². The number of nitriles is 1. The number of ether oxygens (including phenoxy) is 1. The molecule has 0 atom stereocenters. The Hall–Kier alpha value is -4.68. The van der Waals surface area contributed by atoms with E-state index in [1.165, 1.54) is 36.4 Å². The van der Waals surface area contributed by atoms with Gasteiger partial charge in [-0.15, -0.1) is 0 Å². The summed E-state index contributed by atoms with van der Waals surface area (Å²) >= 11 is 0. The fraction of sp³-hybridized carbons (Fsp3) is 0.214. The third kappa shape index (κ3) is 6.12. The van der Waals surface area contributed by atoms with E-state index in [1.807, 2.05) is 47.4 Å². The number of anilines is 1. The number of nitrogens with one attached hydrogen (secondary N) is 1. The maximum absolute atomic E-state index is 12.8. The highest BCUT2D eigenvalue weighted by molar-refractivity contribution is 6.07. The van der Waals surface area contributed by atoms with Crippen LogP contribution < -0.4 is 10.1 Å². The molecule has 188 valence electrons. The van der Waals surface area contributed by atoms with Gasteiger partial charge in [0.15, 0.2) is 0 Å². The number of nitro groups is 1. The maximum atomic E-state index is 12.8. The number of piperazine rings is 1. The van der Waals surface area contributed by atoms with Gasteiger partial charge in [-0.05, 0) is 17.2 Å². The van der Waals surface area contributed by atoms with E-state index >= 15 is 0 Å². The van der Waals surface area contributed by atoms with Crippen molar-refractivity contribution in [2.45, 2.75) is 6.04 Å². The largest absolute Gasteiger partial charge is 0.494 e. The highest BCUT2D eigenvalue weighted by atomic mass is 16.6. The van der Waals surface area contributed by atoms with Crippen molar-refractivity contribution < 1.29 is 14.5 Å². The topological polar surface area (TPSA) is 112 Å². The van der Waals surface area contributed by atoms with Crippen LogP contribution in [0.25, 0.3) is 0 Å². The molecule has 1 amide bonds. The normalized spacial score (nSPS) is 14.2. The van der Waals surface area contributed by atoms with Gasteiger partial charge >= 0.3 is 0 Å². The monoisotopic (exact) mass is 497 g/mol. The Morgan fingerprint density at radius 1 is 1.03 bits per heavy atom. The first-order chi connectivity index (χ1) is 18.0. The van der Waals surface area contributed by atoms with Crippen LogP contribution in [0.3, 0.4) is 0 Å². The van der Waals surface area contributed by atoms with Gasteiger partial charge in [-0.2, -0.15) is 5.26 Å². The summed E-state index contributed by atoms with van der Waals surface area (Å²) in [6, 6.07) is 26.7. The Morgan fingerprint density at radius 3 is 2.14 bits per heavy atom. The molecule has 0 aliphatic carbocycles. The van der Waals surface area contributed by atoms with E-state index in [1.54, 1.807) is 6.20 Å². The summed E-state index contributed by atoms with van der Waals surface area (Å²) < 4.78 is 5.17. The van der Waals surface area contributed by atoms with Gasteiger partial charge in [0, 0.05) is 38.4 Å². The number of amides is 1. The van der Waals surface area contributed by atoms with Gasteiger partial charge in [0.05, 0.1) is 29.8 Å². The molecule has 1 aliphatic heterocycles. The molecule has 9 heteroatoms. The van der Waals surface area contributed by atoms with Crippen molar-refractivity contribution in [1.29, 1.82) is 5.26 Å². The summed E-state index contributed by atoms with van der Waals surface area (Å²) in [5.41, 5.74) is 2.46. The number of carbonyl (C=O) groups excluding carboxylic acids is 1. The van der Waals surface area contributed by atoms with Crippen LogP contribution >= 0.6 is 0 Å². The third-order valence-corrected chi connectivity index (χ3v) is 6.27. The quantitative estimate of drug-likeness (QED) is 0.213. The number of nitrogens with zero attached hydrogens (tertiary/aromatic N) is 4. The molecule has 0 saturated carbocycles. The zero-order valence-electron chi connectivity index (χ0n) is 20.4. The number of hydrogen-bond donors (Lipinski definition) is 1. The average Bonchev–Trinajstić information content (AvgIpc) is 2.94. The zero-order chi connectivity index (χ0) is 26.2. The van der Waals surface area contributed by atoms with Gasteiger partial charge in [0.2, 0.25) is 0 Å². The fourth-order valence-corrected chi connectivity index (χ4v) is 4.42. The minimum atomic E-state index is -0.608. The Kier molecular flexibility index (Phi) is 8.13. The Balaban J connectivity index is 1.45. The molecular formula is C28H27N5O4. The Bertz CT molecular complexity index is 1270. The Labute approximate surface area is 215 Å². The molecule has 1 heterocycles. The van der Waals surface area contributed by atoms with E-state index in [0.717, 1.165) is 13.1 Å². The molecule has 0 unspecified atom stereocenters. The Morgan fingerprint density at radius 2 is 1.62 bits per heavy atom. The standard InChI is InChI=1S/C28H27N5O4/c1-37-26-18-24(33(35)36)12-13-25(26)30-28(34)23(19-29)20-31-14-16-32(17-15-31)27(21-8-4-2-5-9-21)22-10-6-3-7-11-22/h2-13,18,20,27H,14-17H2,1H3,(H,30,34)/b23-20-. The lowest BCUT2D eigenvalue weighted by atomic mass is 9.96. The minimum Gasteiger partial charge on any atom is -0.494 e. The van der Waals surface area contributed by atoms with Crippen LogP contribution in [-0.2, 0) is 4.79 Å². The molecule has 1 aliphatic rings. The molecule has 0 radical (unpaired) electrons. The molecule has 3 aromatic carbocycles. The number of non-ortho nitro benzene ring substituents is 1. The van der Waals surface area contributed by atoms with Gasteiger partial charge < -0.3 is 15.0 Å². The van der Waals surface area contributed by atoms with Crippen LogP contribution in [0.4, 0.5) is 11.4 Å². The number of hydrogen-bond acceptors (Lipinski definition) is 7. The molecule has 0 spiro atoms. The van der Waals surface area contributed by atoms with E-state index in [2.05, 4.69) is 34.5 Å². The van der Waals surface area contributed by atoms with E-state index in [-0.39, 0.29) is 28.7 Å². The van der Waals surface area contributed by atoms with Crippen molar-refractivity contribution in [2.75, 3.05) is 38.6 Å². The molecule has 37 heavy (non-hydrogen) atoms. The first-order valence-corrected chi connectivity index (χ1v) is 11.8. The second-order valence-electron chi connectivity index (χ2n) is 8.55. The van der Waals surface area contributed by atoms with Crippen LogP contribution in [0.1, 0.15) is 17.2 Å². The minimum absolute atomic E-state index is 0.0588. The summed E-state index contributed by atoms with van der Waals surface area (Å²) in [5.74, 6) is -0.468. The summed E-state index contributed by atoms with van der Waals surface area (Å²) in [7, 11) is 1.35. The first kappa shape index (κ1) is 25.4. The van der Waals surface area contributed by atoms with Gasteiger partial charge in [-0.3, -0.25) is 19.8 Å². The molecule has 1 fully saturated rings. The van der Waals surface area contributed by atoms with Crippen LogP contribution in [0, 0.1) is 21.4 Å². The van der Waals surface area contributed by atoms with E-state index in [4.69, 9.17) is 4.74 Å². The summed E-state index contributed by atoms with van der Waals surface area (Å²) in [5, 5.41) is 23.3. The predicted octanol–water partition coefficient (Wildman–Crippen LogP) is 4.36. The average molecular weight is 498 g/mol. The molecule has 0 aromatic heterocycles. The SMILES string of the molecule is COc1cc([N+](=O)[O-])ccc1NC(=O)/C(C#N)=C\N1CCN(C(c2ccccc2)c2ccccc2)CC1. The highest BCUT2D eigenvalue weighted by Gasteiger charge is 2.26. The number of rotatable bonds is 8. The van der Waals surface area contributed by atoms with Crippen molar-refractivity contribution in [1.82, 2.24) is 9.80 Å². The van der Waals surface area contributed by atoms with Gasteiger partial charge in [-0.1, -0.05) is 60.7 Å². The van der Waals surface area contributed by atoms with Crippen LogP contribution in [0.15, 0.2) is 90.6 Å². The fourth-order valence-electron chi connectivity index (χ4n) is 4.42. The molecule has 3 aromatic rings. The number of methoxy groups -OCH3 is 1. The van der Waals surface area contributed by atoms with Crippen LogP contribution in [-0.4, -0.2) is 53.9 Å². The highest BCUT2D eigenvalue weighted by Crippen LogP contribution is 2.31. The molecule has 4 rings (SSSR count). The molecule has 0 bridgehead atoms. The summed E-state index contributed by atoms with van der Waals surface area (Å²) in [6.45, 7) is 2.80. The van der Waals surface area contributed by atoms with Gasteiger partial charge in [0.1, 0.15) is 17.4 Å². The van der Waals surface area contributed by atoms with E-state index < -0.39 is 10.8 Å². The zero-order valence-corrected chi connectivity index (χ0v) is 20.4. The van der Waals surface area contributed by atoms with Crippen molar-refractivity contribution in [3.05, 3.63) is 112 Å². The van der Waals surface area contributed by atoms with Crippen molar-refractivity contribution >= 4 is 17.3 Å². The third-order valence-electron chi connectivity index (χ3n) is 6.27. The number of benzene rings is 3. The van der Waals surface area contributed by atoms with Crippen LogP contribution in [0.2, 0.25) is 0 Å². The predicted molar refractivity (Wildman–Crippen MR) is 140 cm³/mol. The molecule has 1 N–H and O–H groups in total. The lowest BCUT2D eigenvalue weighted by molar-refractivity contribution is -0.384. The lowest BCUT2D eigenvalue weighted by Gasteiger charge is -2.39. The van der Waals surface area contributed by atoms with Crippen molar-refractivity contribution in [3.8, 4) is 11.8 Å². The van der Waals surface area contributed by atoms with E-state index in [9.17, 15) is 20.2 Å². The second kappa shape index (κ2) is 11.8. The first-order valence-electron chi connectivity index (χ1n) is 11.8. The maximum Gasteiger partial charge on any atom is 0.273 e. The lowest BCUT2D eigenvalue weighted by Crippen LogP contribution is -2.46. The summed E-state index contributed by atoms with van der Waals surface area (Å²) in [4.78, 5) is 27.7. The smallest absolute Gasteiger partial charge is 0.273 e. The number of nitro benzene ring substituents is 1.